The standard InChI is InChI=1S/C13H17N3O3/c1-13(2,9-15)5-6-19-12-4-3-11(16(17)18)7-10(12)8-14/h3-4,7H,5-6,8,14H2,1-2H3. The summed E-state index contributed by atoms with van der Waals surface area (Å²) in [5.74, 6) is 0.529. The van der Waals surface area contributed by atoms with Gasteiger partial charge in [0.15, 0.2) is 0 Å². The molecule has 0 fully saturated rings. The highest BCUT2D eigenvalue weighted by Crippen LogP contribution is 2.25. The van der Waals surface area contributed by atoms with Crippen LogP contribution in [0.1, 0.15) is 25.8 Å². The first-order valence-corrected chi connectivity index (χ1v) is 5.91. The number of hydrogen-bond acceptors (Lipinski definition) is 5. The van der Waals surface area contributed by atoms with E-state index in [-0.39, 0.29) is 12.2 Å². The third kappa shape index (κ3) is 4.23. The fraction of sp³-hybridized carbons (Fsp3) is 0.462. The van der Waals surface area contributed by atoms with E-state index in [0.29, 0.717) is 24.3 Å². The number of nitrogens with two attached hydrogens (primary N) is 1. The van der Waals surface area contributed by atoms with Crippen molar-refractivity contribution in [3.05, 3.63) is 33.9 Å². The van der Waals surface area contributed by atoms with Crippen LogP contribution in [0, 0.1) is 26.9 Å². The Morgan fingerprint density at radius 2 is 2.21 bits per heavy atom. The molecule has 1 aromatic carbocycles. The highest BCUT2D eigenvalue weighted by atomic mass is 16.6. The summed E-state index contributed by atoms with van der Waals surface area (Å²) >= 11 is 0. The maximum atomic E-state index is 10.7. The Morgan fingerprint density at radius 3 is 2.74 bits per heavy atom. The van der Waals surface area contributed by atoms with Crippen LogP contribution >= 0.6 is 0 Å². The lowest BCUT2D eigenvalue weighted by molar-refractivity contribution is -0.384. The van der Waals surface area contributed by atoms with E-state index in [4.69, 9.17) is 15.7 Å². The average molecular weight is 263 g/mol. The molecule has 6 nitrogen and oxygen atoms in total. The summed E-state index contributed by atoms with van der Waals surface area (Å²) in [4.78, 5) is 10.2. The largest absolute Gasteiger partial charge is 0.493 e. The van der Waals surface area contributed by atoms with E-state index in [9.17, 15) is 10.1 Å². The van der Waals surface area contributed by atoms with Crippen molar-refractivity contribution in [2.75, 3.05) is 6.61 Å². The molecule has 0 saturated heterocycles. The smallest absolute Gasteiger partial charge is 0.270 e. The van der Waals surface area contributed by atoms with Crippen LogP contribution in [0.25, 0.3) is 0 Å². The molecular formula is C13H17N3O3. The lowest BCUT2D eigenvalue weighted by Gasteiger charge is -2.16. The van der Waals surface area contributed by atoms with Crippen molar-refractivity contribution in [3.63, 3.8) is 0 Å². The van der Waals surface area contributed by atoms with Crippen molar-refractivity contribution in [2.45, 2.75) is 26.8 Å². The molecule has 6 heteroatoms. The lowest BCUT2D eigenvalue weighted by atomic mass is 9.92. The van der Waals surface area contributed by atoms with Gasteiger partial charge in [0.1, 0.15) is 5.75 Å². The first-order chi connectivity index (χ1) is 8.89. The van der Waals surface area contributed by atoms with Crippen LogP contribution in [0.3, 0.4) is 0 Å². The Bertz CT molecular complexity index is 506. The summed E-state index contributed by atoms with van der Waals surface area (Å²) in [7, 11) is 0. The predicted octanol–water partition coefficient (Wildman–Crippen LogP) is 2.37. The Balaban J connectivity index is 2.74. The SMILES string of the molecule is CC(C)(C#N)CCOc1ccc([N+](=O)[O-])cc1CN. The average Bonchev–Trinajstić information content (AvgIpc) is 2.38. The minimum Gasteiger partial charge on any atom is -0.493 e. The van der Waals surface area contributed by atoms with Crippen LogP contribution in [-0.4, -0.2) is 11.5 Å². The summed E-state index contributed by atoms with van der Waals surface area (Å²) in [6.45, 7) is 4.19. The Morgan fingerprint density at radius 1 is 1.53 bits per heavy atom. The van der Waals surface area contributed by atoms with Crippen LogP contribution in [0.15, 0.2) is 18.2 Å². The molecule has 0 aliphatic heterocycles. The molecule has 0 amide bonds. The van der Waals surface area contributed by atoms with E-state index in [1.807, 2.05) is 13.8 Å². The Kier molecular flexibility index (Phi) is 4.84. The molecule has 1 rings (SSSR count). The van der Waals surface area contributed by atoms with Crippen molar-refractivity contribution in [1.29, 1.82) is 5.26 Å². The second kappa shape index (κ2) is 6.16. The molecule has 102 valence electrons. The summed E-state index contributed by atoms with van der Waals surface area (Å²) in [5.41, 5.74) is 5.67. The van der Waals surface area contributed by atoms with Crippen molar-refractivity contribution >= 4 is 5.69 Å². The number of hydrogen-bond donors (Lipinski definition) is 1. The second-order valence-electron chi connectivity index (χ2n) is 4.85. The molecule has 0 aliphatic carbocycles. The van der Waals surface area contributed by atoms with Gasteiger partial charge in [0.05, 0.1) is 23.0 Å². The predicted molar refractivity (Wildman–Crippen MR) is 70.5 cm³/mol. The van der Waals surface area contributed by atoms with Crippen LogP contribution in [-0.2, 0) is 6.54 Å². The number of nitro groups is 1. The summed E-state index contributed by atoms with van der Waals surface area (Å²) in [6, 6.07) is 6.51. The number of benzene rings is 1. The van der Waals surface area contributed by atoms with Gasteiger partial charge in [-0.15, -0.1) is 0 Å². The molecule has 1 aromatic rings. The third-order valence-electron chi connectivity index (χ3n) is 2.76. The number of nitrogens with zero attached hydrogens (tertiary/aromatic N) is 2. The zero-order valence-electron chi connectivity index (χ0n) is 11.0. The van der Waals surface area contributed by atoms with E-state index < -0.39 is 10.3 Å². The highest BCUT2D eigenvalue weighted by Gasteiger charge is 2.17. The van der Waals surface area contributed by atoms with E-state index in [1.54, 1.807) is 6.07 Å². The van der Waals surface area contributed by atoms with Crippen molar-refractivity contribution in [1.82, 2.24) is 0 Å². The van der Waals surface area contributed by atoms with Crippen LogP contribution in [0.4, 0.5) is 5.69 Å². The van der Waals surface area contributed by atoms with Gasteiger partial charge in [0.2, 0.25) is 0 Å². The lowest BCUT2D eigenvalue weighted by Crippen LogP contribution is -2.14. The molecular weight excluding hydrogens is 246 g/mol. The molecule has 0 unspecified atom stereocenters. The van der Waals surface area contributed by atoms with E-state index >= 15 is 0 Å². The second-order valence-corrected chi connectivity index (χ2v) is 4.85. The normalized spacial score (nSPS) is 10.8. The van der Waals surface area contributed by atoms with Crippen LogP contribution < -0.4 is 10.5 Å². The zero-order chi connectivity index (χ0) is 14.5. The van der Waals surface area contributed by atoms with Crippen molar-refractivity contribution in [3.8, 4) is 11.8 Å². The maximum Gasteiger partial charge on any atom is 0.270 e. The minimum atomic E-state index is -0.471. The number of nitriles is 1. The van der Waals surface area contributed by atoms with Gasteiger partial charge in [-0.2, -0.15) is 5.26 Å². The van der Waals surface area contributed by atoms with Gasteiger partial charge in [0, 0.05) is 24.2 Å². The number of nitro benzene ring substituents is 1. The monoisotopic (exact) mass is 263 g/mol. The molecule has 0 heterocycles. The number of non-ortho nitro benzene ring substituents is 1. The fourth-order valence-corrected chi connectivity index (χ4v) is 1.45. The zero-order valence-corrected chi connectivity index (χ0v) is 11.0. The van der Waals surface area contributed by atoms with E-state index in [1.165, 1.54) is 12.1 Å². The number of rotatable bonds is 6. The van der Waals surface area contributed by atoms with Crippen molar-refractivity contribution in [2.24, 2.45) is 11.1 Å². The molecule has 0 aromatic heterocycles. The number of ether oxygens (including phenoxy) is 1. The van der Waals surface area contributed by atoms with Gasteiger partial charge in [-0.05, 0) is 26.3 Å². The van der Waals surface area contributed by atoms with Gasteiger partial charge in [-0.3, -0.25) is 10.1 Å². The topological polar surface area (TPSA) is 102 Å². The molecule has 0 aliphatic rings. The summed E-state index contributed by atoms with van der Waals surface area (Å²) in [6.07, 6.45) is 0.574. The van der Waals surface area contributed by atoms with Crippen molar-refractivity contribution < 1.29 is 9.66 Å². The van der Waals surface area contributed by atoms with Crippen LogP contribution in [0.5, 0.6) is 5.75 Å². The highest BCUT2D eigenvalue weighted by molar-refractivity contribution is 5.43. The van der Waals surface area contributed by atoms with Crippen LogP contribution in [0.2, 0.25) is 0 Å². The Labute approximate surface area is 111 Å². The minimum absolute atomic E-state index is 0.00912. The molecule has 0 bridgehead atoms. The molecule has 0 radical (unpaired) electrons. The molecule has 2 N–H and O–H groups in total. The van der Waals surface area contributed by atoms with Gasteiger partial charge in [-0.25, -0.2) is 0 Å². The molecule has 0 atom stereocenters. The van der Waals surface area contributed by atoms with Gasteiger partial charge in [0.25, 0.3) is 5.69 Å². The summed E-state index contributed by atoms with van der Waals surface area (Å²) < 4.78 is 5.55. The first-order valence-electron chi connectivity index (χ1n) is 5.91. The van der Waals surface area contributed by atoms with Gasteiger partial charge < -0.3 is 10.5 Å². The van der Waals surface area contributed by atoms with Gasteiger partial charge >= 0.3 is 0 Å². The summed E-state index contributed by atoms with van der Waals surface area (Å²) in [5, 5.41) is 19.5. The van der Waals surface area contributed by atoms with Gasteiger partial charge in [-0.1, -0.05) is 0 Å². The first kappa shape index (κ1) is 14.9. The van der Waals surface area contributed by atoms with E-state index in [2.05, 4.69) is 6.07 Å². The fourth-order valence-electron chi connectivity index (χ4n) is 1.45. The molecule has 0 spiro atoms. The maximum absolute atomic E-state index is 10.7. The molecule has 0 saturated carbocycles. The van der Waals surface area contributed by atoms with E-state index in [0.717, 1.165) is 0 Å². The molecule has 19 heavy (non-hydrogen) atoms. The quantitative estimate of drug-likeness (QED) is 0.627. The Hall–Kier alpha value is -2.13. The third-order valence-corrected chi connectivity index (χ3v) is 2.76.